The summed E-state index contributed by atoms with van der Waals surface area (Å²) in [5.41, 5.74) is 0.192. The van der Waals surface area contributed by atoms with Gasteiger partial charge in [0.2, 0.25) is 0 Å². The molecule has 28 heavy (non-hydrogen) atoms. The molecule has 1 N–H and O–H groups in total. The molecule has 0 unspecified atom stereocenters. The van der Waals surface area contributed by atoms with Crippen LogP contribution in [0.1, 0.15) is 66.3 Å². The summed E-state index contributed by atoms with van der Waals surface area (Å²) in [4.78, 5) is 31.7. The van der Waals surface area contributed by atoms with Gasteiger partial charge in [-0.2, -0.15) is 0 Å². The summed E-state index contributed by atoms with van der Waals surface area (Å²) < 4.78 is 40.9. The Labute approximate surface area is 158 Å². The Morgan fingerprint density at radius 3 is 2.43 bits per heavy atom. The number of hydrogen-bond acceptors (Lipinski definition) is 4. The van der Waals surface area contributed by atoms with E-state index in [9.17, 15) is 22.8 Å². The summed E-state index contributed by atoms with van der Waals surface area (Å²) in [6.45, 7) is 0. The quantitative estimate of drug-likeness (QED) is 0.747. The molecule has 2 saturated carbocycles. The summed E-state index contributed by atoms with van der Waals surface area (Å²) in [6.07, 6.45) is -0.199. The Morgan fingerprint density at radius 2 is 1.89 bits per heavy atom. The molecule has 0 aliphatic heterocycles. The Hall–Kier alpha value is -2.64. The molecule has 1 aromatic heterocycles. The van der Waals surface area contributed by atoms with Crippen molar-refractivity contribution in [1.29, 1.82) is 0 Å². The van der Waals surface area contributed by atoms with Gasteiger partial charge < -0.3 is 9.72 Å². The van der Waals surface area contributed by atoms with Crippen LogP contribution < -0.4 is 10.3 Å². The number of nitrogens with one attached hydrogen (secondary N) is 1. The van der Waals surface area contributed by atoms with Gasteiger partial charge in [0.25, 0.3) is 5.56 Å². The summed E-state index contributed by atoms with van der Waals surface area (Å²) in [5.74, 6) is 0.275. The molecule has 0 atom stereocenters. The van der Waals surface area contributed by atoms with Crippen LogP contribution in [0.2, 0.25) is 0 Å². The standard InChI is InChI=1S/C20H19F3N2O3/c21-20(22,23)28-14-6-4-13(5-7-14)19(8-1-9-19)11-16(26)15-10-17(27)25-18(24-15)12-2-3-12/h4-7,10,12H,1-3,8-9,11H2,(H,24,25,27). The van der Waals surface area contributed by atoms with Crippen molar-refractivity contribution in [3.8, 4) is 5.75 Å². The fourth-order valence-corrected chi connectivity index (χ4v) is 3.75. The molecule has 0 spiro atoms. The highest BCUT2D eigenvalue weighted by Gasteiger charge is 2.41. The molecular weight excluding hydrogens is 373 g/mol. The normalized spacial score (nSPS) is 18.4. The largest absolute Gasteiger partial charge is 0.573 e. The number of benzene rings is 1. The first-order chi connectivity index (χ1) is 13.2. The summed E-state index contributed by atoms with van der Waals surface area (Å²) in [5, 5.41) is 0. The Bertz CT molecular complexity index is 942. The van der Waals surface area contributed by atoms with Crippen LogP contribution in [-0.4, -0.2) is 22.1 Å². The van der Waals surface area contributed by atoms with E-state index in [0.29, 0.717) is 5.82 Å². The topological polar surface area (TPSA) is 72.1 Å². The van der Waals surface area contributed by atoms with Crippen LogP contribution in [0.3, 0.4) is 0 Å². The molecule has 5 nitrogen and oxygen atoms in total. The van der Waals surface area contributed by atoms with E-state index in [2.05, 4.69) is 14.7 Å². The van der Waals surface area contributed by atoms with Gasteiger partial charge in [0, 0.05) is 23.8 Å². The fraction of sp³-hybridized carbons (Fsp3) is 0.450. The molecule has 0 saturated heterocycles. The van der Waals surface area contributed by atoms with Crippen LogP contribution in [0.5, 0.6) is 5.75 Å². The Morgan fingerprint density at radius 1 is 1.21 bits per heavy atom. The lowest BCUT2D eigenvalue weighted by Gasteiger charge is -2.42. The number of alkyl halides is 3. The lowest BCUT2D eigenvalue weighted by Crippen LogP contribution is -2.37. The predicted molar refractivity (Wildman–Crippen MR) is 94.4 cm³/mol. The minimum atomic E-state index is -4.74. The SMILES string of the molecule is O=C(CC1(c2ccc(OC(F)(F)F)cc2)CCC1)c1cc(=O)[nH]c(C2CC2)n1. The number of carbonyl (C=O) groups is 1. The first kappa shape index (κ1) is 18.7. The Kier molecular flexibility index (Phi) is 4.51. The van der Waals surface area contributed by atoms with E-state index in [1.807, 2.05) is 0 Å². The van der Waals surface area contributed by atoms with Crippen molar-refractivity contribution in [3.05, 3.63) is 57.8 Å². The molecule has 148 valence electrons. The molecule has 2 fully saturated rings. The minimum absolute atomic E-state index is 0.161. The molecule has 2 aromatic rings. The Balaban J connectivity index is 1.54. The summed E-state index contributed by atoms with van der Waals surface area (Å²) >= 11 is 0. The lowest BCUT2D eigenvalue weighted by atomic mass is 9.61. The zero-order valence-corrected chi connectivity index (χ0v) is 15.0. The number of carbonyl (C=O) groups excluding carboxylic acids is 1. The third-order valence-electron chi connectivity index (χ3n) is 5.52. The average molecular weight is 392 g/mol. The number of Topliss-reactive ketones (excluding diaryl/α,β-unsaturated/α-hetero) is 1. The molecule has 1 aromatic carbocycles. The zero-order valence-electron chi connectivity index (χ0n) is 15.0. The third-order valence-corrected chi connectivity index (χ3v) is 5.52. The first-order valence-electron chi connectivity index (χ1n) is 9.25. The van der Waals surface area contributed by atoms with Gasteiger partial charge in [-0.05, 0) is 43.4 Å². The van der Waals surface area contributed by atoms with Crippen LogP contribution in [0.15, 0.2) is 35.1 Å². The second-order valence-corrected chi connectivity index (χ2v) is 7.60. The van der Waals surface area contributed by atoms with Crippen molar-refractivity contribution in [3.63, 3.8) is 0 Å². The minimum Gasteiger partial charge on any atom is -0.406 e. The molecule has 2 aliphatic carbocycles. The second-order valence-electron chi connectivity index (χ2n) is 7.60. The van der Waals surface area contributed by atoms with Crippen LogP contribution in [-0.2, 0) is 5.41 Å². The van der Waals surface area contributed by atoms with Crippen molar-refractivity contribution in [2.75, 3.05) is 0 Å². The molecule has 0 bridgehead atoms. The van der Waals surface area contributed by atoms with Crippen molar-refractivity contribution in [2.45, 2.75) is 56.2 Å². The van der Waals surface area contributed by atoms with Gasteiger partial charge in [-0.15, -0.1) is 13.2 Å². The summed E-state index contributed by atoms with van der Waals surface area (Å²) in [7, 11) is 0. The van der Waals surface area contributed by atoms with Crippen molar-refractivity contribution in [1.82, 2.24) is 9.97 Å². The molecule has 0 radical (unpaired) electrons. The van der Waals surface area contributed by atoms with Gasteiger partial charge in [-0.1, -0.05) is 18.6 Å². The van der Waals surface area contributed by atoms with Crippen molar-refractivity contribution in [2.24, 2.45) is 0 Å². The molecule has 4 rings (SSSR count). The highest BCUT2D eigenvalue weighted by atomic mass is 19.4. The number of halogens is 3. The van der Waals surface area contributed by atoms with E-state index in [-0.39, 0.29) is 35.1 Å². The monoisotopic (exact) mass is 392 g/mol. The van der Waals surface area contributed by atoms with Crippen molar-refractivity contribution >= 4 is 5.78 Å². The first-order valence-corrected chi connectivity index (χ1v) is 9.25. The third kappa shape index (κ3) is 3.95. The number of ketones is 1. The van der Waals surface area contributed by atoms with Crippen molar-refractivity contribution < 1.29 is 22.7 Å². The summed E-state index contributed by atoms with van der Waals surface area (Å²) in [6, 6.07) is 6.91. The lowest BCUT2D eigenvalue weighted by molar-refractivity contribution is -0.274. The maximum absolute atomic E-state index is 12.8. The maximum atomic E-state index is 12.8. The number of aromatic nitrogens is 2. The van der Waals surface area contributed by atoms with E-state index >= 15 is 0 Å². The van der Waals surface area contributed by atoms with Gasteiger partial charge in [0.15, 0.2) is 5.78 Å². The zero-order chi connectivity index (χ0) is 19.9. The van der Waals surface area contributed by atoms with Gasteiger partial charge in [-0.25, -0.2) is 4.98 Å². The number of H-pyrrole nitrogens is 1. The van der Waals surface area contributed by atoms with E-state index in [1.165, 1.54) is 18.2 Å². The average Bonchev–Trinajstić information content (AvgIpc) is 3.42. The number of hydrogen-bond donors (Lipinski definition) is 1. The molecule has 2 aliphatic rings. The number of nitrogens with zero attached hydrogens (tertiary/aromatic N) is 1. The van der Waals surface area contributed by atoms with Gasteiger partial charge >= 0.3 is 6.36 Å². The van der Waals surface area contributed by atoms with E-state index in [4.69, 9.17) is 0 Å². The van der Waals surface area contributed by atoms with E-state index in [0.717, 1.165) is 37.7 Å². The molecular formula is C20H19F3N2O3. The van der Waals surface area contributed by atoms with Crippen LogP contribution in [0.4, 0.5) is 13.2 Å². The molecule has 0 amide bonds. The second kappa shape index (κ2) is 6.76. The number of ether oxygens (including phenoxy) is 1. The van der Waals surface area contributed by atoms with E-state index < -0.39 is 11.8 Å². The fourth-order valence-electron chi connectivity index (χ4n) is 3.75. The van der Waals surface area contributed by atoms with E-state index in [1.54, 1.807) is 12.1 Å². The molecule has 8 heteroatoms. The maximum Gasteiger partial charge on any atom is 0.573 e. The highest BCUT2D eigenvalue weighted by molar-refractivity contribution is 5.95. The molecule has 1 heterocycles. The van der Waals surface area contributed by atoms with Crippen LogP contribution in [0, 0.1) is 0 Å². The number of aromatic amines is 1. The van der Waals surface area contributed by atoms with Gasteiger partial charge in [-0.3, -0.25) is 9.59 Å². The highest BCUT2D eigenvalue weighted by Crippen LogP contribution is 2.47. The van der Waals surface area contributed by atoms with Gasteiger partial charge in [0.1, 0.15) is 17.3 Å². The smallest absolute Gasteiger partial charge is 0.406 e. The van der Waals surface area contributed by atoms with Crippen LogP contribution in [0.25, 0.3) is 0 Å². The van der Waals surface area contributed by atoms with Gasteiger partial charge in [0.05, 0.1) is 0 Å². The number of rotatable bonds is 6. The predicted octanol–water partition coefficient (Wildman–Crippen LogP) is 4.24. The van der Waals surface area contributed by atoms with Crippen LogP contribution >= 0.6 is 0 Å².